The van der Waals surface area contributed by atoms with E-state index >= 15 is 0 Å². The van der Waals surface area contributed by atoms with Crippen molar-refractivity contribution in [1.82, 2.24) is 0 Å². The average Bonchev–Trinajstić information content (AvgIpc) is 2.09. The molecule has 4 nitrogen and oxygen atoms in total. The molecule has 0 aliphatic carbocycles. The number of rotatable bonds is 4. The first kappa shape index (κ1) is 9.22. The summed E-state index contributed by atoms with van der Waals surface area (Å²) in [6.45, 7) is 0.948. The zero-order valence-electron chi connectivity index (χ0n) is 7.04. The summed E-state index contributed by atoms with van der Waals surface area (Å²) in [4.78, 5) is 11.0. The molecule has 12 heavy (non-hydrogen) atoms. The molecule has 0 N–H and O–H groups in total. The van der Waals surface area contributed by atoms with Crippen LogP contribution in [0.3, 0.4) is 0 Å². The molecule has 0 aromatic heterocycles. The fraction of sp³-hybridized carbons (Fsp3) is 0.625. The Hall–Kier alpha value is -0.870. The van der Waals surface area contributed by atoms with Crippen LogP contribution in [0.4, 0.5) is 0 Å². The largest absolute Gasteiger partial charge is 0.462 e. The fourth-order valence-electron chi connectivity index (χ4n) is 0.914. The zero-order chi connectivity index (χ0) is 8.81. The lowest BCUT2D eigenvalue weighted by molar-refractivity contribution is -0.141. The van der Waals surface area contributed by atoms with Crippen LogP contribution in [0, 0.1) is 0 Å². The van der Waals surface area contributed by atoms with E-state index in [1.54, 1.807) is 0 Å². The molecule has 1 heterocycles. The minimum absolute atomic E-state index is 0.199. The number of carbonyl (C=O) groups excluding carboxylic acids is 1. The Morgan fingerprint density at radius 3 is 3.17 bits per heavy atom. The molecule has 0 atom stereocenters. The van der Waals surface area contributed by atoms with Crippen molar-refractivity contribution < 1.29 is 19.0 Å². The third kappa shape index (κ3) is 2.64. The van der Waals surface area contributed by atoms with E-state index in [9.17, 15) is 4.79 Å². The maximum absolute atomic E-state index is 11.0. The molecular formula is C8H12O4. The quantitative estimate of drug-likeness (QED) is 0.351. The average molecular weight is 172 g/mol. The van der Waals surface area contributed by atoms with Crippen LogP contribution in [0.5, 0.6) is 0 Å². The van der Waals surface area contributed by atoms with Crippen molar-refractivity contribution in [2.24, 2.45) is 0 Å². The summed E-state index contributed by atoms with van der Waals surface area (Å²) in [5, 5.41) is 0. The van der Waals surface area contributed by atoms with E-state index in [1.807, 2.05) is 6.08 Å². The zero-order valence-corrected chi connectivity index (χ0v) is 7.04. The van der Waals surface area contributed by atoms with Gasteiger partial charge in [0.15, 0.2) is 0 Å². The second-order valence-corrected chi connectivity index (χ2v) is 2.41. The van der Waals surface area contributed by atoms with Crippen LogP contribution in [0.2, 0.25) is 0 Å². The molecule has 0 aromatic rings. The molecule has 0 bridgehead atoms. The second kappa shape index (κ2) is 4.90. The van der Waals surface area contributed by atoms with Crippen molar-refractivity contribution in [3.8, 4) is 0 Å². The summed E-state index contributed by atoms with van der Waals surface area (Å²) in [7, 11) is 1.54. The van der Waals surface area contributed by atoms with Crippen molar-refractivity contribution >= 4 is 5.97 Å². The number of hydrogen-bond donors (Lipinski definition) is 0. The maximum Gasteiger partial charge on any atom is 0.336 e. The van der Waals surface area contributed by atoms with Gasteiger partial charge >= 0.3 is 5.97 Å². The van der Waals surface area contributed by atoms with Gasteiger partial charge in [0.25, 0.3) is 0 Å². The Morgan fingerprint density at radius 2 is 2.50 bits per heavy atom. The molecule has 0 aromatic carbocycles. The van der Waals surface area contributed by atoms with Crippen molar-refractivity contribution in [3.63, 3.8) is 0 Å². The van der Waals surface area contributed by atoms with Gasteiger partial charge in [0, 0.05) is 13.5 Å². The third-order valence-corrected chi connectivity index (χ3v) is 1.46. The highest BCUT2D eigenvalue weighted by atomic mass is 16.7. The predicted molar refractivity (Wildman–Crippen MR) is 41.5 cm³/mol. The standard InChI is InChI=1S/C8H12O4/c1-10-6-11-5-7-3-2-4-12-8(7)9/h3H,2,4-6H2,1H3. The van der Waals surface area contributed by atoms with E-state index in [4.69, 9.17) is 9.47 Å². The number of methoxy groups -OCH3 is 1. The maximum atomic E-state index is 11.0. The topological polar surface area (TPSA) is 44.8 Å². The Morgan fingerprint density at radius 1 is 1.67 bits per heavy atom. The van der Waals surface area contributed by atoms with E-state index < -0.39 is 0 Å². The van der Waals surface area contributed by atoms with Gasteiger partial charge in [-0.1, -0.05) is 6.08 Å². The van der Waals surface area contributed by atoms with Gasteiger partial charge in [-0.15, -0.1) is 0 Å². The number of carbonyl (C=O) groups is 1. The molecule has 1 aliphatic heterocycles. The van der Waals surface area contributed by atoms with Crippen LogP contribution >= 0.6 is 0 Å². The molecule has 0 radical (unpaired) electrons. The van der Waals surface area contributed by atoms with Gasteiger partial charge < -0.3 is 14.2 Å². The SMILES string of the molecule is COCOCC1=CCCOC1=O. The lowest BCUT2D eigenvalue weighted by Gasteiger charge is -2.12. The van der Waals surface area contributed by atoms with Crippen LogP contribution in [-0.4, -0.2) is 33.1 Å². The highest BCUT2D eigenvalue weighted by molar-refractivity contribution is 5.89. The van der Waals surface area contributed by atoms with E-state index in [0.717, 1.165) is 6.42 Å². The lowest BCUT2D eigenvalue weighted by atomic mass is 10.2. The Kier molecular flexibility index (Phi) is 3.76. The first-order chi connectivity index (χ1) is 5.84. The van der Waals surface area contributed by atoms with Crippen LogP contribution in [0.1, 0.15) is 6.42 Å². The molecule has 0 spiro atoms. The van der Waals surface area contributed by atoms with Crippen LogP contribution < -0.4 is 0 Å². The van der Waals surface area contributed by atoms with E-state index in [-0.39, 0.29) is 19.4 Å². The second-order valence-electron chi connectivity index (χ2n) is 2.41. The van der Waals surface area contributed by atoms with Gasteiger partial charge in [0.1, 0.15) is 6.79 Å². The van der Waals surface area contributed by atoms with Gasteiger partial charge in [-0.25, -0.2) is 4.79 Å². The molecule has 1 rings (SSSR count). The third-order valence-electron chi connectivity index (χ3n) is 1.46. The lowest BCUT2D eigenvalue weighted by Crippen LogP contribution is -2.17. The Bertz CT molecular complexity index is 185. The van der Waals surface area contributed by atoms with E-state index in [0.29, 0.717) is 12.2 Å². The summed E-state index contributed by atoms with van der Waals surface area (Å²) < 4.78 is 14.5. The minimum atomic E-state index is -0.280. The van der Waals surface area contributed by atoms with Gasteiger partial charge in [-0.3, -0.25) is 0 Å². The van der Waals surface area contributed by atoms with Crippen molar-refractivity contribution in [1.29, 1.82) is 0 Å². The summed E-state index contributed by atoms with van der Waals surface area (Å²) in [5.74, 6) is -0.280. The van der Waals surface area contributed by atoms with Crippen LogP contribution in [0.25, 0.3) is 0 Å². The Balaban J connectivity index is 2.29. The normalized spacial score (nSPS) is 17.1. The molecule has 0 amide bonds. The molecule has 68 valence electrons. The van der Waals surface area contributed by atoms with Crippen molar-refractivity contribution in [2.45, 2.75) is 6.42 Å². The summed E-state index contributed by atoms with van der Waals surface area (Å²) in [5.41, 5.74) is 0.582. The van der Waals surface area contributed by atoms with Crippen molar-refractivity contribution in [2.75, 3.05) is 27.1 Å². The molecule has 0 saturated carbocycles. The molecular weight excluding hydrogens is 160 g/mol. The highest BCUT2D eigenvalue weighted by Crippen LogP contribution is 2.07. The molecule has 0 saturated heterocycles. The number of cyclic esters (lactones) is 1. The van der Waals surface area contributed by atoms with E-state index in [1.165, 1.54) is 7.11 Å². The molecule has 0 unspecified atom stereocenters. The first-order valence-corrected chi connectivity index (χ1v) is 3.77. The predicted octanol–water partition coefficient (Wildman–Crippen LogP) is 0.480. The molecule has 4 heteroatoms. The van der Waals surface area contributed by atoms with Gasteiger partial charge in [-0.2, -0.15) is 0 Å². The van der Waals surface area contributed by atoms with Gasteiger partial charge in [0.05, 0.1) is 18.8 Å². The highest BCUT2D eigenvalue weighted by Gasteiger charge is 2.14. The van der Waals surface area contributed by atoms with Crippen LogP contribution in [0.15, 0.2) is 11.6 Å². The van der Waals surface area contributed by atoms with E-state index in [2.05, 4.69) is 4.74 Å². The number of hydrogen-bond acceptors (Lipinski definition) is 4. The summed E-state index contributed by atoms with van der Waals surface area (Å²) in [6, 6.07) is 0. The van der Waals surface area contributed by atoms with Gasteiger partial charge in [-0.05, 0) is 0 Å². The van der Waals surface area contributed by atoms with Crippen LogP contribution in [-0.2, 0) is 19.0 Å². The molecule has 1 aliphatic rings. The summed E-state index contributed by atoms with van der Waals surface area (Å²) >= 11 is 0. The minimum Gasteiger partial charge on any atom is -0.462 e. The number of ether oxygens (including phenoxy) is 3. The summed E-state index contributed by atoms with van der Waals surface area (Å²) in [6.07, 6.45) is 2.61. The molecule has 0 fully saturated rings. The van der Waals surface area contributed by atoms with Crippen molar-refractivity contribution in [3.05, 3.63) is 11.6 Å². The smallest absolute Gasteiger partial charge is 0.336 e. The first-order valence-electron chi connectivity index (χ1n) is 3.77. The fourth-order valence-corrected chi connectivity index (χ4v) is 0.914. The monoisotopic (exact) mass is 172 g/mol. The number of esters is 1. The van der Waals surface area contributed by atoms with Gasteiger partial charge in [0.2, 0.25) is 0 Å². The Labute approximate surface area is 71.1 Å².